The van der Waals surface area contributed by atoms with E-state index in [0.717, 1.165) is 12.5 Å². The normalized spacial score (nSPS) is 12.1. The number of hydrogen-bond donors (Lipinski definition) is 1. The van der Waals surface area contributed by atoms with Crippen molar-refractivity contribution in [3.05, 3.63) is 50.6 Å². The second kappa shape index (κ2) is 5.74. The molecular formula is C14H14N2O5. The van der Waals surface area contributed by atoms with E-state index in [1.807, 2.05) is 13.8 Å². The van der Waals surface area contributed by atoms with Gasteiger partial charge in [0.1, 0.15) is 0 Å². The number of carbonyl (C=O) groups is 1. The molecule has 0 saturated heterocycles. The molecule has 0 bridgehead atoms. The van der Waals surface area contributed by atoms with Crippen LogP contribution in [0.5, 0.6) is 0 Å². The molecule has 0 fully saturated rings. The molecule has 0 aliphatic heterocycles. The molecule has 2 aromatic rings. The lowest BCUT2D eigenvalue weighted by atomic mass is 10.1. The Bertz CT molecular complexity index is 766. The number of rotatable bonds is 4. The minimum Gasteiger partial charge on any atom is -0.417 e. The van der Waals surface area contributed by atoms with Crippen LogP contribution in [0.25, 0.3) is 10.8 Å². The monoisotopic (exact) mass is 290 g/mol. The summed E-state index contributed by atoms with van der Waals surface area (Å²) in [5, 5.41) is 13.9. The Morgan fingerprint density at radius 3 is 2.76 bits per heavy atom. The van der Waals surface area contributed by atoms with Gasteiger partial charge in [-0.05, 0) is 30.9 Å². The average Bonchev–Trinajstić information content (AvgIpc) is 2.46. The Hall–Kier alpha value is -2.70. The summed E-state index contributed by atoms with van der Waals surface area (Å²) in [4.78, 5) is 33.9. The molecule has 7 heteroatoms. The number of hydrogen-bond acceptors (Lipinski definition) is 5. The number of nitrogens with zero attached hydrogens (tertiary/aromatic N) is 1. The van der Waals surface area contributed by atoms with Gasteiger partial charge in [0, 0.05) is 18.2 Å². The third kappa shape index (κ3) is 3.07. The van der Waals surface area contributed by atoms with E-state index in [2.05, 4.69) is 5.32 Å². The van der Waals surface area contributed by atoms with Crippen LogP contribution in [0.2, 0.25) is 0 Å². The highest BCUT2D eigenvalue weighted by Crippen LogP contribution is 2.19. The zero-order chi connectivity index (χ0) is 15.6. The minimum atomic E-state index is -0.773. The number of nitrogens with one attached hydrogen (secondary N) is 1. The van der Waals surface area contributed by atoms with Gasteiger partial charge in [-0.15, -0.1) is 0 Å². The van der Waals surface area contributed by atoms with E-state index >= 15 is 0 Å². The van der Waals surface area contributed by atoms with Crippen LogP contribution in [-0.4, -0.2) is 16.9 Å². The standard InChI is InChI=1S/C14H14N2O5/c1-3-8(2)15-13(17)12-6-9-4-5-10(16(19)20)7-11(9)14(18)21-12/h4-8H,3H2,1-2H3,(H,15,17). The van der Waals surface area contributed by atoms with E-state index in [1.165, 1.54) is 18.2 Å². The van der Waals surface area contributed by atoms with Gasteiger partial charge >= 0.3 is 5.63 Å². The molecule has 1 aromatic heterocycles. The minimum absolute atomic E-state index is 0.0460. The van der Waals surface area contributed by atoms with E-state index in [1.54, 1.807) is 0 Å². The lowest BCUT2D eigenvalue weighted by Gasteiger charge is -2.10. The van der Waals surface area contributed by atoms with Crippen LogP contribution < -0.4 is 10.9 Å². The molecule has 21 heavy (non-hydrogen) atoms. The summed E-state index contributed by atoms with van der Waals surface area (Å²) >= 11 is 0. The molecule has 7 nitrogen and oxygen atoms in total. The predicted molar refractivity (Wildman–Crippen MR) is 76.4 cm³/mol. The zero-order valence-electron chi connectivity index (χ0n) is 11.6. The van der Waals surface area contributed by atoms with E-state index in [-0.39, 0.29) is 22.9 Å². The van der Waals surface area contributed by atoms with Crippen LogP contribution in [0.3, 0.4) is 0 Å². The van der Waals surface area contributed by atoms with E-state index < -0.39 is 16.5 Å². The molecule has 2 rings (SSSR count). The van der Waals surface area contributed by atoms with Gasteiger partial charge in [0.05, 0.1) is 10.3 Å². The number of benzene rings is 1. The van der Waals surface area contributed by atoms with Crippen molar-refractivity contribution in [3.63, 3.8) is 0 Å². The van der Waals surface area contributed by atoms with Crippen LogP contribution in [0.1, 0.15) is 30.8 Å². The molecular weight excluding hydrogens is 276 g/mol. The van der Waals surface area contributed by atoms with Gasteiger partial charge in [0.2, 0.25) is 0 Å². The summed E-state index contributed by atoms with van der Waals surface area (Å²) in [6.45, 7) is 3.75. The largest absolute Gasteiger partial charge is 0.417 e. The number of nitro groups is 1. The fourth-order valence-electron chi connectivity index (χ4n) is 1.79. The van der Waals surface area contributed by atoms with Gasteiger partial charge < -0.3 is 9.73 Å². The third-order valence-corrected chi connectivity index (χ3v) is 3.17. The maximum atomic E-state index is 11.9. The maximum absolute atomic E-state index is 11.9. The fourth-order valence-corrected chi connectivity index (χ4v) is 1.79. The highest BCUT2D eigenvalue weighted by Gasteiger charge is 2.15. The first kappa shape index (κ1) is 14.7. The van der Waals surface area contributed by atoms with Gasteiger partial charge in [-0.1, -0.05) is 6.92 Å². The molecule has 0 saturated carbocycles. The highest BCUT2D eigenvalue weighted by molar-refractivity contribution is 5.95. The number of fused-ring (bicyclic) bond motifs is 1. The van der Waals surface area contributed by atoms with Crippen LogP contribution >= 0.6 is 0 Å². The van der Waals surface area contributed by atoms with E-state index in [0.29, 0.717) is 5.39 Å². The summed E-state index contributed by atoms with van der Waals surface area (Å²) in [7, 11) is 0. The summed E-state index contributed by atoms with van der Waals surface area (Å²) < 4.78 is 4.94. The smallest absolute Gasteiger partial charge is 0.344 e. The second-order valence-corrected chi connectivity index (χ2v) is 4.71. The first-order chi connectivity index (χ1) is 9.92. The SMILES string of the molecule is CCC(C)NC(=O)c1cc2ccc([N+](=O)[O-])cc2c(=O)o1. The molecule has 0 spiro atoms. The van der Waals surface area contributed by atoms with Crippen molar-refractivity contribution >= 4 is 22.4 Å². The molecule has 0 aliphatic carbocycles. The Morgan fingerprint density at radius 1 is 1.43 bits per heavy atom. The molecule has 0 aliphatic rings. The Balaban J connectivity index is 2.46. The average molecular weight is 290 g/mol. The summed E-state index contributed by atoms with van der Waals surface area (Å²) in [5.74, 6) is -0.594. The molecule has 0 radical (unpaired) electrons. The van der Waals surface area contributed by atoms with Gasteiger partial charge in [0.15, 0.2) is 5.76 Å². The van der Waals surface area contributed by atoms with Crippen molar-refractivity contribution in [3.8, 4) is 0 Å². The van der Waals surface area contributed by atoms with E-state index in [4.69, 9.17) is 4.42 Å². The molecule has 1 heterocycles. The lowest BCUT2D eigenvalue weighted by Crippen LogP contribution is -2.32. The van der Waals surface area contributed by atoms with Crippen molar-refractivity contribution < 1.29 is 14.1 Å². The summed E-state index contributed by atoms with van der Waals surface area (Å²) in [6.07, 6.45) is 0.746. The number of nitro benzene ring substituents is 1. The first-order valence-corrected chi connectivity index (χ1v) is 6.45. The zero-order valence-corrected chi connectivity index (χ0v) is 11.6. The molecule has 1 unspecified atom stereocenters. The number of amides is 1. The quantitative estimate of drug-likeness (QED) is 0.687. The van der Waals surface area contributed by atoms with Gasteiger partial charge in [-0.3, -0.25) is 14.9 Å². The van der Waals surface area contributed by atoms with Crippen molar-refractivity contribution in [2.24, 2.45) is 0 Å². The second-order valence-electron chi connectivity index (χ2n) is 4.71. The summed E-state index contributed by atoms with van der Waals surface area (Å²) in [5.41, 5.74) is -0.975. The van der Waals surface area contributed by atoms with Crippen molar-refractivity contribution in [2.75, 3.05) is 0 Å². The number of carbonyl (C=O) groups excluding carboxylic acids is 1. The molecule has 1 amide bonds. The highest BCUT2D eigenvalue weighted by atomic mass is 16.6. The van der Waals surface area contributed by atoms with Gasteiger partial charge in [0.25, 0.3) is 11.6 Å². The van der Waals surface area contributed by atoms with Gasteiger partial charge in [-0.2, -0.15) is 0 Å². The Morgan fingerprint density at radius 2 is 2.14 bits per heavy atom. The van der Waals surface area contributed by atoms with E-state index in [9.17, 15) is 19.7 Å². The predicted octanol–water partition coefficient (Wildman–Crippen LogP) is 2.23. The van der Waals surface area contributed by atoms with Crippen LogP contribution in [0, 0.1) is 10.1 Å². The van der Waals surface area contributed by atoms with Crippen molar-refractivity contribution in [2.45, 2.75) is 26.3 Å². The Kier molecular flexibility index (Phi) is 4.02. The maximum Gasteiger partial charge on any atom is 0.344 e. The third-order valence-electron chi connectivity index (χ3n) is 3.17. The first-order valence-electron chi connectivity index (χ1n) is 6.45. The fraction of sp³-hybridized carbons (Fsp3) is 0.286. The Labute approximate surface area is 119 Å². The van der Waals surface area contributed by atoms with Crippen LogP contribution in [-0.2, 0) is 0 Å². The molecule has 1 atom stereocenters. The molecule has 1 N–H and O–H groups in total. The molecule has 1 aromatic carbocycles. The van der Waals surface area contributed by atoms with Gasteiger partial charge in [-0.25, -0.2) is 4.79 Å². The number of non-ortho nitro benzene ring substituents is 1. The lowest BCUT2D eigenvalue weighted by molar-refractivity contribution is -0.384. The van der Waals surface area contributed by atoms with Crippen LogP contribution in [0.15, 0.2) is 33.5 Å². The summed E-state index contributed by atoms with van der Waals surface area (Å²) in [6, 6.07) is 5.19. The van der Waals surface area contributed by atoms with Crippen LogP contribution in [0.4, 0.5) is 5.69 Å². The molecule has 110 valence electrons. The van der Waals surface area contributed by atoms with Crippen molar-refractivity contribution in [1.82, 2.24) is 5.32 Å². The topological polar surface area (TPSA) is 102 Å². The van der Waals surface area contributed by atoms with Crippen molar-refractivity contribution in [1.29, 1.82) is 0 Å².